The number of pyridine rings is 1. The summed E-state index contributed by atoms with van der Waals surface area (Å²) in [6.07, 6.45) is 3.31. The maximum atomic E-state index is 12.5. The van der Waals surface area contributed by atoms with Crippen molar-refractivity contribution >= 4 is 34.7 Å². The van der Waals surface area contributed by atoms with Crippen molar-refractivity contribution in [3.63, 3.8) is 0 Å². The third-order valence-corrected chi connectivity index (χ3v) is 5.36. The zero-order chi connectivity index (χ0) is 21.3. The number of nitrogens with zero attached hydrogens (tertiary/aromatic N) is 4. The van der Waals surface area contributed by atoms with Crippen LogP contribution in [0.3, 0.4) is 0 Å². The summed E-state index contributed by atoms with van der Waals surface area (Å²) in [6, 6.07) is 7.45. The molecule has 1 aromatic carbocycles. The topological polar surface area (TPSA) is 135 Å². The summed E-state index contributed by atoms with van der Waals surface area (Å²) in [7, 11) is 0. The number of hydrogen-bond acceptors (Lipinski definition) is 8. The van der Waals surface area contributed by atoms with Gasteiger partial charge in [0.25, 0.3) is 17.5 Å². The lowest BCUT2D eigenvalue weighted by Gasteiger charge is -2.13. The van der Waals surface area contributed by atoms with E-state index < -0.39 is 34.9 Å². The van der Waals surface area contributed by atoms with Crippen molar-refractivity contribution in [1.29, 1.82) is 0 Å². The van der Waals surface area contributed by atoms with Gasteiger partial charge in [0.05, 0.1) is 22.7 Å². The number of nitro benzene ring substituents is 1. The van der Waals surface area contributed by atoms with Crippen LogP contribution in [-0.2, 0) is 11.3 Å². The number of rotatable bonds is 6. The fraction of sp³-hybridized carbons (Fsp3) is 0.105. The van der Waals surface area contributed by atoms with E-state index in [4.69, 9.17) is 0 Å². The van der Waals surface area contributed by atoms with Crippen molar-refractivity contribution in [2.75, 3.05) is 6.54 Å². The lowest BCUT2D eigenvalue weighted by molar-refractivity contribution is -0.385. The average Bonchev–Trinajstić information content (AvgIpc) is 3.32. The zero-order valence-corrected chi connectivity index (χ0v) is 16.1. The molecule has 3 amide bonds. The number of benzene rings is 1. The summed E-state index contributed by atoms with van der Waals surface area (Å²) in [6.45, 7) is -0.422. The van der Waals surface area contributed by atoms with Crippen molar-refractivity contribution in [2.45, 2.75) is 6.54 Å². The molecule has 1 aliphatic rings. The normalized spacial score (nSPS) is 12.7. The molecule has 0 saturated carbocycles. The van der Waals surface area contributed by atoms with Gasteiger partial charge >= 0.3 is 0 Å². The van der Waals surface area contributed by atoms with Crippen LogP contribution in [0.2, 0.25) is 0 Å². The van der Waals surface area contributed by atoms with Crippen LogP contribution in [0.15, 0.2) is 48.1 Å². The molecule has 1 aliphatic heterocycles. The van der Waals surface area contributed by atoms with Gasteiger partial charge in [0.1, 0.15) is 17.1 Å². The molecule has 0 saturated heterocycles. The first kappa shape index (κ1) is 19.3. The zero-order valence-electron chi connectivity index (χ0n) is 15.3. The molecule has 3 heterocycles. The highest BCUT2D eigenvalue weighted by Gasteiger charge is 2.41. The van der Waals surface area contributed by atoms with Crippen molar-refractivity contribution in [2.24, 2.45) is 0 Å². The Kier molecular flexibility index (Phi) is 5.02. The predicted molar refractivity (Wildman–Crippen MR) is 106 cm³/mol. The maximum absolute atomic E-state index is 12.5. The van der Waals surface area contributed by atoms with Crippen molar-refractivity contribution in [3.8, 4) is 10.6 Å². The van der Waals surface area contributed by atoms with E-state index in [1.165, 1.54) is 23.5 Å². The Balaban J connectivity index is 1.41. The number of fused-ring (bicyclic) bond motifs is 1. The van der Waals surface area contributed by atoms with Gasteiger partial charge in [0.15, 0.2) is 0 Å². The molecule has 0 fully saturated rings. The minimum Gasteiger partial charge on any atom is -0.349 e. The molecule has 11 heteroatoms. The van der Waals surface area contributed by atoms with Gasteiger partial charge in [-0.1, -0.05) is 6.07 Å². The van der Waals surface area contributed by atoms with Gasteiger partial charge in [0.2, 0.25) is 5.91 Å². The van der Waals surface area contributed by atoms with E-state index in [1.54, 1.807) is 17.8 Å². The molecule has 30 heavy (non-hydrogen) atoms. The highest BCUT2D eigenvalue weighted by molar-refractivity contribution is 7.13. The number of amides is 3. The van der Waals surface area contributed by atoms with Crippen LogP contribution in [0.1, 0.15) is 26.4 Å². The van der Waals surface area contributed by atoms with E-state index in [0.717, 1.165) is 16.6 Å². The highest BCUT2D eigenvalue weighted by Crippen LogP contribution is 2.30. The summed E-state index contributed by atoms with van der Waals surface area (Å²) in [4.78, 5) is 56.7. The lowest BCUT2D eigenvalue weighted by Crippen LogP contribution is -2.40. The SMILES string of the molecule is O=C(CN1C(=O)c2cccc([N+](=O)[O-])c2C1=O)NCc1csc(-c2ccncc2)n1. The van der Waals surface area contributed by atoms with Gasteiger partial charge in [-0.15, -0.1) is 11.3 Å². The van der Waals surface area contributed by atoms with Gasteiger partial charge in [-0.3, -0.25) is 34.4 Å². The van der Waals surface area contributed by atoms with E-state index in [9.17, 15) is 24.5 Å². The Morgan fingerprint density at radius 1 is 1.17 bits per heavy atom. The largest absolute Gasteiger partial charge is 0.349 e. The summed E-state index contributed by atoms with van der Waals surface area (Å²) in [5.41, 5.74) is 0.698. The van der Waals surface area contributed by atoms with Crippen LogP contribution in [0.25, 0.3) is 10.6 Å². The number of nitrogens with one attached hydrogen (secondary N) is 1. The molecule has 2 aromatic heterocycles. The fourth-order valence-electron chi connectivity index (χ4n) is 3.02. The fourth-order valence-corrected chi connectivity index (χ4v) is 3.84. The van der Waals surface area contributed by atoms with Gasteiger partial charge in [-0.2, -0.15) is 0 Å². The first-order chi connectivity index (χ1) is 14.5. The summed E-state index contributed by atoms with van der Waals surface area (Å²) in [5.74, 6) is -2.17. The van der Waals surface area contributed by atoms with Crippen LogP contribution in [0.4, 0.5) is 5.69 Å². The Morgan fingerprint density at radius 2 is 1.93 bits per heavy atom. The standard InChI is InChI=1S/C19H13N5O5S/c25-15(21-8-12-10-30-17(22-12)11-4-6-20-7-5-11)9-23-18(26)13-2-1-3-14(24(28)29)16(13)19(23)27/h1-7,10H,8-9H2,(H,21,25). The Morgan fingerprint density at radius 3 is 2.67 bits per heavy atom. The summed E-state index contributed by atoms with van der Waals surface area (Å²) >= 11 is 1.41. The quantitative estimate of drug-likeness (QED) is 0.364. The molecule has 0 unspecified atom stereocenters. The highest BCUT2D eigenvalue weighted by atomic mass is 32.1. The number of imide groups is 1. The second-order valence-electron chi connectivity index (χ2n) is 6.31. The first-order valence-corrected chi connectivity index (χ1v) is 9.59. The first-order valence-electron chi connectivity index (χ1n) is 8.71. The average molecular weight is 423 g/mol. The van der Waals surface area contributed by atoms with Crippen LogP contribution in [-0.4, -0.2) is 44.1 Å². The monoisotopic (exact) mass is 423 g/mol. The number of aromatic nitrogens is 2. The van der Waals surface area contributed by atoms with E-state index in [2.05, 4.69) is 15.3 Å². The van der Waals surface area contributed by atoms with E-state index in [-0.39, 0.29) is 17.7 Å². The Bertz CT molecular complexity index is 1180. The predicted octanol–water partition coefficient (Wildman–Crippen LogP) is 2.03. The van der Waals surface area contributed by atoms with E-state index >= 15 is 0 Å². The number of carbonyl (C=O) groups excluding carboxylic acids is 3. The van der Waals surface area contributed by atoms with Gasteiger partial charge in [0, 0.05) is 29.4 Å². The molecule has 0 radical (unpaired) electrons. The molecule has 0 spiro atoms. The van der Waals surface area contributed by atoms with Crippen molar-refractivity contribution < 1.29 is 19.3 Å². The second kappa shape index (κ2) is 7.79. The molecular weight excluding hydrogens is 410 g/mol. The molecule has 10 nitrogen and oxygen atoms in total. The molecular formula is C19H13N5O5S. The van der Waals surface area contributed by atoms with Crippen molar-refractivity contribution in [1.82, 2.24) is 20.2 Å². The minimum atomic E-state index is -0.855. The van der Waals surface area contributed by atoms with Crippen LogP contribution < -0.4 is 5.32 Å². The minimum absolute atomic E-state index is 0.0801. The molecule has 4 rings (SSSR count). The summed E-state index contributed by atoms with van der Waals surface area (Å²) < 4.78 is 0. The Labute approximate surface area is 173 Å². The molecule has 150 valence electrons. The third-order valence-electron chi connectivity index (χ3n) is 4.42. The lowest BCUT2D eigenvalue weighted by atomic mass is 10.1. The second-order valence-corrected chi connectivity index (χ2v) is 7.17. The summed E-state index contributed by atoms with van der Waals surface area (Å²) in [5, 5.41) is 16.3. The Hall–Kier alpha value is -3.99. The molecule has 0 aliphatic carbocycles. The van der Waals surface area contributed by atoms with Crippen LogP contribution >= 0.6 is 11.3 Å². The van der Waals surface area contributed by atoms with Crippen LogP contribution in [0.5, 0.6) is 0 Å². The van der Waals surface area contributed by atoms with E-state index in [0.29, 0.717) is 10.6 Å². The maximum Gasteiger partial charge on any atom is 0.282 e. The van der Waals surface area contributed by atoms with Crippen molar-refractivity contribution in [3.05, 3.63) is 75.0 Å². The number of hydrogen-bond donors (Lipinski definition) is 1. The molecule has 3 aromatic rings. The molecule has 0 atom stereocenters. The molecule has 0 bridgehead atoms. The number of nitro groups is 1. The van der Waals surface area contributed by atoms with Gasteiger partial charge in [-0.25, -0.2) is 4.98 Å². The third kappa shape index (κ3) is 3.53. The van der Waals surface area contributed by atoms with Gasteiger partial charge < -0.3 is 5.32 Å². The van der Waals surface area contributed by atoms with Gasteiger partial charge in [-0.05, 0) is 18.2 Å². The smallest absolute Gasteiger partial charge is 0.282 e. The molecule has 1 N–H and O–H groups in total. The van der Waals surface area contributed by atoms with E-state index in [1.807, 2.05) is 12.1 Å². The number of carbonyl (C=O) groups is 3. The van der Waals surface area contributed by atoms with Crippen LogP contribution in [0, 0.1) is 10.1 Å². The number of thiazole rings is 1.